The molecule has 1 saturated carbocycles. The van der Waals surface area contributed by atoms with Crippen LogP contribution in [0.25, 0.3) is 11.3 Å². The fourth-order valence-electron chi connectivity index (χ4n) is 2.89. The number of nitrogens with zero attached hydrogens (tertiary/aromatic N) is 2. The lowest BCUT2D eigenvalue weighted by molar-refractivity contribution is -0.141. The molecule has 0 bridgehead atoms. The molecule has 24 heavy (non-hydrogen) atoms. The molecule has 2 N–H and O–H groups in total. The van der Waals surface area contributed by atoms with Gasteiger partial charge in [-0.1, -0.05) is 30.3 Å². The standard InChI is InChI=1S/C18H21N3O3/c1-21(17(22)14-11-15(14)18(23)24)9-5-8-13-10-16(20-19-13)12-6-3-2-4-7-12/h2-4,6-7,10,14-15H,5,8-9,11H2,1H3,(H,19,20)(H,23,24)/t14-,15+/m1/s1. The molecular formula is C18H21N3O3. The summed E-state index contributed by atoms with van der Waals surface area (Å²) in [5.41, 5.74) is 3.02. The number of hydrogen-bond acceptors (Lipinski definition) is 3. The van der Waals surface area contributed by atoms with E-state index in [4.69, 9.17) is 5.11 Å². The number of carbonyl (C=O) groups excluding carboxylic acids is 1. The number of nitrogens with one attached hydrogen (secondary N) is 1. The third kappa shape index (κ3) is 3.64. The molecule has 0 radical (unpaired) electrons. The lowest BCUT2D eigenvalue weighted by Crippen LogP contribution is -2.30. The van der Waals surface area contributed by atoms with Crippen LogP contribution in [0.2, 0.25) is 0 Å². The zero-order valence-corrected chi connectivity index (χ0v) is 13.6. The van der Waals surface area contributed by atoms with E-state index in [1.165, 1.54) is 0 Å². The first-order valence-electron chi connectivity index (χ1n) is 8.13. The number of carboxylic acid groups (broad SMARTS) is 1. The summed E-state index contributed by atoms with van der Waals surface area (Å²) in [5, 5.41) is 16.2. The number of carboxylic acids is 1. The Morgan fingerprint density at radius 3 is 2.71 bits per heavy atom. The highest BCUT2D eigenvalue weighted by molar-refractivity contribution is 5.89. The molecule has 0 spiro atoms. The number of aromatic amines is 1. The predicted molar refractivity (Wildman–Crippen MR) is 89.2 cm³/mol. The third-order valence-corrected chi connectivity index (χ3v) is 4.44. The van der Waals surface area contributed by atoms with E-state index in [1.54, 1.807) is 11.9 Å². The van der Waals surface area contributed by atoms with Crippen molar-refractivity contribution in [2.45, 2.75) is 19.3 Å². The zero-order chi connectivity index (χ0) is 17.1. The van der Waals surface area contributed by atoms with Gasteiger partial charge in [0.15, 0.2) is 0 Å². The van der Waals surface area contributed by atoms with E-state index in [1.807, 2.05) is 36.4 Å². The number of carbonyl (C=O) groups is 2. The second-order valence-electron chi connectivity index (χ2n) is 6.29. The summed E-state index contributed by atoms with van der Waals surface area (Å²) in [6.45, 7) is 0.612. The smallest absolute Gasteiger partial charge is 0.307 e. The normalized spacial score (nSPS) is 19.0. The number of aromatic nitrogens is 2. The second kappa shape index (κ2) is 6.86. The van der Waals surface area contributed by atoms with E-state index in [0.717, 1.165) is 29.8 Å². The molecular weight excluding hydrogens is 306 g/mol. The summed E-state index contributed by atoms with van der Waals surface area (Å²) in [6.07, 6.45) is 2.08. The molecule has 126 valence electrons. The predicted octanol–water partition coefficient (Wildman–Crippen LogP) is 2.19. The van der Waals surface area contributed by atoms with Crippen LogP contribution in [0, 0.1) is 11.8 Å². The van der Waals surface area contributed by atoms with Crippen molar-refractivity contribution in [3.8, 4) is 11.3 Å². The first-order chi connectivity index (χ1) is 11.6. The van der Waals surface area contributed by atoms with Gasteiger partial charge in [-0.3, -0.25) is 14.7 Å². The molecule has 0 unspecified atom stereocenters. The minimum absolute atomic E-state index is 0.0583. The Balaban J connectivity index is 1.46. The number of amides is 1. The van der Waals surface area contributed by atoms with Gasteiger partial charge in [-0.2, -0.15) is 5.10 Å². The summed E-state index contributed by atoms with van der Waals surface area (Å²) < 4.78 is 0. The van der Waals surface area contributed by atoms with E-state index in [0.29, 0.717) is 13.0 Å². The molecule has 1 aliphatic carbocycles. The Labute approximate surface area is 140 Å². The summed E-state index contributed by atoms with van der Waals surface area (Å²) in [5.74, 6) is -1.74. The first-order valence-corrected chi connectivity index (χ1v) is 8.13. The third-order valence-electron chi connectivity index (χ3n) is 4.44. The van der Waals surface area contributed by atoms with Crippen molar-refractivity contribution in [1.82, 2.24) is 15.1 Å². The molecule has 1 aromatic carbocycles. The number of benzene rings is 1. The minimum atomic E-state index is -0.868. The van der Waals surface area contributed by atoms with Gasteiger partial charge in [0.05, 0.1) is 17.5 Å². The first kappa shape index (κ1) is 16.2. The molecule has 0 saturated heterocycles. The van der Waals surface area contributed by atoms with Gasteiger partial charge < -0.3 is 10.0 Å². The average Bonchev–Trinajstić information content (AvgIpc) is 3.26. The van der Waals surface area contributed by atoms with Crippen molar-refractivity contribution in [2.75, 3.05) is 13.6 Å². The van der Waals surface area contributed by atoms with Gasteiger partial charge in [0.1, 0.15) is 0 Å². The van der Waals surface area contributed by atoms with Crippen LogP contribution in [0.15, 0.2) is 36.4 Å². The topological polar surface area (TPSA) is 86.3 Å². The Kier molecular flexibility index (Phi) is 4.64. The van der Waals surface area contributed by atoms with Crippen molar-refractivity contribution < 1.29 is 14.7 Å². The van der Waals surface area contributed by atoms with Crippen LogP contribution in [-0.2, 0) is 16.0 Å². The van der Waals surface area contributed by atoms with Crippen molar-refractivity contribution in [3.05, 3.63) is 42.1 Å². The van der Waals surface area contributed by atoms with E-state index < -0.39 is 11.9 Å². The summed E-state index contributed by atoms with van der Waals surface area (Å²) in [6, 6.07) is 12.0. The molecule has 3 rings (SSSR count). The van der Waals surface area contributed by atoms with Crippen molar-refractivity contribution in [1.29, 1.82) is 0 Å². The molecule has 2 aromatic rings. The monoisotopic (exact) mass is 327 g/mol. The van der Waals surface area contributed by atoms with Gasteiger partial charge in [0.2, 0.25) is 5.91 Å². The average molecular weight is 327 g/mol. The second-order valence-corrected chi connectivity index (χ2v) is 6.29. The Morgan fingerprint density at radius 2 is 2.04 bits per heavy atom. The summed E-state index contributed by atoms with van der Waals surface area (Å²) in [7, 11) is 1.74. The Morgan fingerprint density at radius 1 is 1.29 bits per heavy atom. The molecule has 0 aliphatic heterocycles. The number of hydrogen-bond donors (Lipinski definition) is 2. The largest absolute Gasteiger partial charge is 0.481 e. The van der Waals surface area contributed by atoms with Gasteiger partial charge in [0.25, 0.3) is 0 Å². The zero-order valence-electron chi connectivity index (χ0n) is 13.6. The van der Waals surface area contributed by atoms with Gasteiger partial charge in [-0.15, -0.1) is 0 Å². The lowest BCUT2D eigenvalue weighted by atomic mass is 10.1. The van der Waals surface area contributed by atoms with Crippen LogP contribution < -0.4 is 0 Å². The van der Waals surface area contributed by atoms with Gasteiger partial charge in [0, 0.05) is 24.8 Å². The van der Waals surface area contributed by atoms with Gasteiger partial charge in [-0.05, 0) is 25.3 Å². The van der Waals surface area contributed by atoms with Gasteiger partial charge in [-0.25, -0.2) is 0 Å². The molecule has 6 nitrogen and oxygen atoms in total. The van der Waals surface area contributed by atoms with Crippen molar-refractivity contribution in [3.63, 3.8) is 0 Å². The van der Waals surface area contributed by atoms with Crippen LogP contribution in [0.1, 0.15) is 18.5 Å². The maximum Gasteiger partial charge on any atom is 0.307 e. The fraction of sp³-hybridized carbons (Fsp3) is 0.389. The Hall–Kier alpha value is -2.63. The fourth-order valence-corrected chi connectivity index (χ4v) is 2.89. The summed E-state index contributed by atoms with van der Waals surface area (Å²) >= 11 is 0. The number of H-pyrrole nitrogens is 1. The van der Waals surface area contributed by atoms with E-state index in [2.05, 4.69) is 10.2 Å². The molecule has 1 aliphatic rings. The van der Waals surface area contributed by atoms with E-state index in [-0.39, 0.29) is 11.8 Å². The van der Waals surface area contributed by atoms with Crippen molar-refractivity contribution in [2.24, 2.45) is 11.8 Å². The highest BCUT2D eigenvalue weighted by Crippen LogP contribution is 2.39. The number of aryl methyl sites for hydroxylation is 1. The van der Waals surface area contributed by atoms with Crippen LogP contribution in [-0.4, -0.2) is 45.7 Å². The summed E-state index contributed by atoms with van der Waals surface area (Å²) in [4.78, 5) is 24.6. The SMILES string of the molecule is CN(CCCc1cc(-c2ccccc2)n[nH]1)C(=O)[C@@H]1C[C@@H]1C(=O)O. The molecule has 1 aromatic heterocycles. The van der Waals surface area contributed by atoms with E-state index in [9.17, 15) is 9.59 Å². The lowest BCUT2D eigenvalue weighted by Gasteiger charge is -2.16. The quantitative estimate of drug-likeness (QED) is 0.816. The highest BCUT2D eigenvalue weighted by atomic mass is 16.4. The maximum atomic E-state index is 12.1. The maximum absolute atomic E-state index is 12.1. The van der Waals surface area contributed by atoms with Crippen LogP contribution in [0.4, 0.5) is 0 Å². The number of aliphatic carboxylic acids is 1. The molecule has 1 amide bonds. The molecule has 1 fully saturated rings. The Bertz CT molecular complexity index is 726. The molecule has 6 heteroatoms. The highest BCUT2D eigenvalue weighted by Gasteiger charge is 2.49. The minimum Gasteiger partial charge on any atom is -0.481 e. The van der Waals surface area contributed by atoms with Crippen LogP contribution >= 0.6 is 0 Å². The van der Waals surface area contributed by atoms with E-state index >= 15 is 0 Å². The van der Waals surface area contributed by atoms with Crippen molar-refractivity contribution >= 4 is 11.9 Å². The number of rotatable bonds is 7. The van der Waals surface area contributed by atoms with Crippen LogP contribution in [0.3, 0.4) is 0 Å². The van der Waals surface area contributed by atoms with Crippen LogP contribution in [0.5, 0.6) is 0 Å². The molecule has 1 heterocycles. The van der Waals surface area contributed by atoms with Gasteiger partial charge >= 0.3 is 5.97 Å². The molecule has 2 atom stereocenters.